The molecule has 0 saturated carbocycles. The number of nitrogen functional groups attached to an aromatic ring is 1. The van der Waals surface area contributed by atoms with Gasteiger partial charge in [-0.15, -0.1) is 0 Å². The molecular weight excluding hydrogens is 313 g/mol. The number of rotatable bonds is 2. The van der Waals surface area contributed by atoms with Gasteiger partial charge >= 0.3 is 0 Å². The molecule has 0 atom stereocenters. The molecule has 1 aromatic carbocycles. The van der Waals surface area contributed by atoms with Crippen molar-refractivity contribution in [2.45, 2.75) is 6.92 Å². The summed E-state index contributed by atoms with van der Waals surface area (Å²) < 4.78 is 13.8. The van der Waals surface area contributed by atoms with Crippen molar-refractivity contribution in [3.63, 3.8) is 0 Å². The average molecular weight is 324 g/mol. The minimum Gasteiger partial charge on any atom is -0.398 e. The van der Waals surface area contributed by atoms with Crippen LogP contribution in [-0.4, -0.2) is 10.9 Å². The largest absolute Gasteiger partial charge is 0.398 e. The minimum absolute atomic E-state index is 0.0892. The number of hydrogen-bond donors (Lipinski definition) is 2. The van der Waals surface area contributed by atoms with E-state index in [9.17, 15) is 9.18 Å². The lowest BCUT2D eigenvalue weighted by atomic mass is 10.1. The number of pyridine rings is 1. The van der Waals surface area contributed by atoms with Crippen LogP contribution in [-0.2, 0) is 0 Å². The van der Waals surface area contributed by atoms with Crippen molar-refractivity contribution >= 4 is 33.3 Å². The lowest BCUT2D eigenvalue weighted by Crippen LogP contribution is -2.15. The molecule has 0 aliphatic heterocycles. The van der Waals surface area contributed by atoms with Gasteiger partial charge in [0.2, 0.25) is 0 Å². The van der Waals surface area contributed by atoms with Crippen molar-refractivity contribution in [1.82, 2.24) is 4.98 Å². The second-order valence-corrected chi connectivity index (χ2v) is 4.80. The molecule has 0 unspecified atom stereocenters. The molecule has 0 aliphatic carbocycles. The SMILES string of the molecule is Cc1nc(NC(=O)c2ccc(F)cc2N)ccc1Br. The van der Waals surface area contributed by atoms with E-state index in [0.717, 1.165) is 16.2 Å². The van der Waals surface area contributed by atoms with Gasteiger partial charge in [0.15, 0.2) is 0 Å². The summed E-state index contributed by atoms with van der Waals surface area (Å²) in [6, 6.07) is 7.08. The third-order valence-electron chi connectivity index (χ3n) is 2.52. The van der Waals surface area contributed by atoms with Crippen LogP contribution >= 0.6 is 15.9 Å². The molecule has 1 heterocycles. The Kier molecular flexibility index (Phi) is 3.80. The zero-order chi connectivity index (χ0) is 14.0. The number of hydrogen-bond acceptors (Lipinski definition) is 3. The first-order chi connectivity index (χ1) is 8.97. The number of carbonyl (C=O) groups excluding carboxylic acids is 1. The van der Waals surface area contributed by atoms with E-state index in [1.165, 1.54) is 12.1 Å². The number of carbonyl (C=O) groups is 1. The molecule has 2 rings (SSSR count). The van der Waals surface area contributed by atoms with E-state index in [4.69, 9.17) is 5.73 Å². The average Bonchev–Trinajstić information content (AvgIpc) is 2.33. The number of nitrogens with one attached hydrogen (secondary N) is 1. The molecule has 19 heavy (non-hydrogen) atoms. The molecule has 0 spiro atoms. The predicted octanol–water partition coefficient (Wildman–Crippen LogP) is 3.13. The van der Waals surface area contributed by atoms with Gasteiger partial charge in [0.25, 0.3) is 5.91 Å². The zero-order valence-corrected chi connectivity index (χ0v) is 11.7. The molecule has 0 bridgehead atoms. The standard InChI is InChI=1S/C13H11BrFN3O/c1-7-10(14)4-5-12(17-7)18-13(19)9-3-2-8(15)6-11(9)16/h2-6H,16H2,1H3,(H,17,18,19). The van der Waals surface area contributed by atoms with Gasteiger partial charge in [-0.2, -0.15) is 0 Å². The van der Waals surface area contributed by atoms with Crippen LogP contribution in [0.2, 0.25) is 0 Å². The Labute approximate surface area is 118 Å². The zero-order valence-electron chi connectivity index (χ0n) is 10.1. The second-order valence-electron chi connectivity index (χ2n) is 3.95. The molecule has 98 valence electrons. The van der Waals surface area contributed by atoms with Crippen molar-refractivity contribution in [2.75, 3.05) is 11.1 Å². The van der Waals surface area contributed by atoms with E-state index in [1.54, 1.807) is 12.1 Å². The normalized spacial score (nSPS) is 10.3. The smallest absolute Gasteiger partial charge is 0.258 e. The van der Waals surface area contributed by atoms with Crippen molar-refractivity contribution in [1.29, 1.82) is 0 Å². The maximum absolute atomic E-state index is 12.9. The second kappa shape index (κ2) is 5.36. The van der Waals surface area contributed by atoms with Gasteiger partial charge in [0.1, 0.15) is 11.6 Å². The fourth-order valence-electron chi connectivity index (χ4n) is 1.54. The first kappa shape index (κ1) is 13.5. The lowest BCUT2D eigenvalue weighted by molar-refractivity contribution is 0.102. The Morgan fingerprint density at radius 1 is 1.37 bits per heavy atom. The van der Waals surface area contributed by atoms with Gasteiger partial charge in [0.05, 0.1) is 11.3 Å². The fraction of sp³-hybridized carbons (Fsp3) is 0.0769. The Morgan fingerprint density at radius 3 is 2.74 bits per heavy atom. The molecule has 0 aliphatic rings. The maximum atomic E-state index is 12.9. The van der Waals surface area contributed by atoms with Gasteiger partial charge in [-0.3, -0.25) is 4.79 Å². The van der Waals surface area contributed by atoms with Gasteiger partial charge in [0, 0.05) is 10.2 Å². The van der Waals surface area contributed by atoms with Crippen molar-refractivity contribution < 1.29 is 9.18 Å². The summed E-state index contributed by atoms with van der Waals surface area (Å²) in [5.74, 6) is -0.493. The van der Waals surface area contributed by atoms with Crippen molar-refractivity contribution in [3.05, 3.63) is 51.9 Å². The highest BCUT2D eigenvalue weighted by Crippen LogP contribution is 2.18. The molecule has 0 radical (unpaired) electrons. The molecule has 6 heteroatoms. The Morgan fingerprint density at radius 2 is 2.11 bits per heavy atom. The molecule has 3 N–H and O–H groups in total. The van der Waals surface area contributed by atoms with Gasteiger partial charge in [-0.1, -0.05) is 0 Å². The van der Waals surface area contributed by atoms with Crippen LogP contribution in [0.5, 0.6) is 0 Å². The number of nitrogens with zero attached hydrogens (tertiary/aromatic N) is 1. The molecule has 0 saturated heterocycles. The van der Waals surface area contributed by atoms with Crippen LogP contribution in [0, 0.1) is 12.7 Å². The molecule has 1 aromatic heterocycles. The number of anilines is 2. The molecule has 2 aromatic rings. The van der Waals surface area contributed by atoms with Crippen LogP contribution in [0.25, 0.3) is 0 Å². The summed E-state index contributed by atoms with van der Waals surface area (Å²) in [6.07, 6.45) is 0. The summed E-state index contributed by atoms with van der Waals surface area (Å²) in [5, 5.41) is 2.61. The third kappa shape index (κ3) is 3.08. The number of amides is 1. The summed E-state index contributed by atoms with van der Waals surface area (Å²) in [6.45, 7) is 1.81. The quantitative estimate of drug-likeness (QED) is 0.834. The van der Waals surface area contributed by atoms with Gasteiger partial charge < -0.3 is 11.1 Å². The number of nitrogens with two attached hydrogens (primary N) is 1. The molecular formula is C13H11BrFN3O. The monoisotopic (exact) mass is 323 g/mol. The molecule has 1 amide bonds. The first-order valence-electron chi connectivity index (χ1n) is 5.47. The number of benzene rings is 1. The topological polar surface area (TPSA) is 68.0 Å². The van der Waals surface area contributed by atoms with Crippen LogP contribution in [0.3, 0.4) is 0 Å². The number of aryl methyl sites for hydroxylation is 1. The summed E-state index contributed by atoms with van der Waals surface area (Å²) in [4.78, 5) is 16.2. The van der Waals surface area contributed by atoms with Crippen molar-refractivity contribution in [2.24, 2.45) is 0 Å². The highest BCUT2D eigenvalue weighted by atomic mass is 79.9. The highest BCUT2D eigenvalue weighted by molar-refractivity contribution is 9.10. The third-order valence-corrected chi connectivity index (χ3v) is 3.36. The van der Waals surface area contributed by atoms with Crippen LogP contribution in [0.15, 0.2) is 34.8 Å². The van der Waals surface area contributed by atoms with Crippen molar-refractivity contribution in [3.8, 4) is 0 Å². The fourth-order valence-corrected chi connectivity index (χ4v) is 1.76. The van der Waals surface area contributed by atoms with Gasteiger partial charge in [-0.25, -0.2) is 9.37 Å². The summed E-state index contributed by atoms with van der Waals surface area (Å²) in [5.41, 5.74) is 6.66. The number of aromatic nitrogens is 1. The highest BCUT2D eigenvalue weighted by Gasteiger charge is 2.11. The number of halogens is 2. The predicted molar refractivity (Wildman–Crippen MR) is 75.4 cm³/mol. The minimum atomic E-state index is -0.480. The summed E-state index contributed by atoms with van der Waals surface area (Å²) in [7, 11) is 0. The Bertz CT molecular complexity index is 646. The van der Waals surface area contributed by atoms with E-state index in [1.807, 2.05) is 6.92 Å². The van der Waals surface area contributed by atoms with Crippen LogP contribution < -0.4 is 11.1 Å². The van der Waals surface area contributed by atoms with E-state index in [-0.39, 0.29) is 11.3 Å². The van der Waals surface area contributed by atoms with Crippen LogP contribution in [0.1, 0.15) is 16.1 Å². The lowest BCUT2D eigenvalue weighted by Gasteiger charge is -2.08. The van der Waals surface area contributed by atoms with E-state index >= 15 is 0 Å². The Hall–Kier alpha value is -1.95. The summed E-state index contributed by atoms with van der Waals surface area (Å²) >= 11 is 3.32. The molecule has 4 nitrogen and oxygen atoms in total. The maximum Gasteiger partial charge on any atom is 0.258 e. The first-order valence-corrected chi connectivity index (χ1v) is 6.26. The Balaban J connectivity index is 2.23. The van der Waals surface area contributed by atoms with E-state index in [0.29, 0.717) is 5.82 Å². The molecule has 0 fully saturated rings. The van der Waals surface area contributed by atoms with E-state index < -0.39 is 11.7 Å². The van der Waals surface area contributed by atoms with E-state index in [2.05, 4.69) is 26.2 Å². The van der Waals surface area contributed by atoms with Gasteiger partial charge in [-0.05, 0) is 53.2 Å². The van der Waals surface area contributed by atoms with Crippen LogP contribution in [0.4, 0.5) is 15.9 Å².